The van der Waals surface area contributed by atoms with Gasteiger partial charge in [-0.3, -0.25) is 52.9 Å². The molecular formula is C59H85N15O14. The molecule has 29 nitrogen and oxygen atoms in total. The zero-order valence-electron chi connectivity index (χ0n) is 50.3. The first-order valence-electron chi connectivity index (χ1n) is 29.2. The van der Waals surface area contributed by atoms with Gasteiger partial charge in [-0.2, -0.15) is 0 Å². The number of aliphatic imine (C=N–C) groups is 1. The second-order valence-electron chi connectivity index (χ2n) is 22.2. The number of amides is 8. The highest BCUT2D eigenvalue weighted by atomic mass is 16.4. The topological polar surface area (TPSA) is 480 Å². The van der Waals surface area contributed by atoms with Crippen LogP contribution < -0.4 is 59.7 Å². The third-order valence-electron chi connectivity index (χ3n) is 14.8. The minimum absolute atomic E-state index is 0.0434. The van der Waals surface area contributed by atoms with Crippen molar-refractivity contribution in [2.75, 3.05) is 6.54 Å². The van der Waals surface area contributed by atoms with Crippen molar-refractivity contribution in [2.45, 2.75) is 167 Å². The van der Waals surface area contributed by atoms with Crippen molar-refractivity contribution < 1.29 is 68.1 Å². The molecule has 11 atom stereocenters. The number of aliphatic carboxylic acids is 3. The fourth-order valence-corrected chi connectivity index (χ4v) is 9.43. The van der Waals surface area contributed by atoms with Gasteiger partial charge < -0.3 is 85.0 Å². The summed E-state index contributed by atoms with van der Waals surface area (Å²) < 4.78 is 0. The first-order chi connectivity index (χ1) is 41.7. The quantitative estimate of drug-likeness (QED) is 0.0156. The molecule has 0 saturated heterocycles. The summed E-state index contributed by atoms with van der Waals surface area (Å²) in [7, 11) is 0. The Bertz CT molecular complexity index is 3040. The summed E-state index contributed by atoms with van der Waals surface area (Å²) in [5, 5.41) is 50.8. The van der Waals surface area contributed by atoms with Gasteiger partial charge in [0.1, 0.15) is 48.3 Å². The molecule has 0 spiro atoms. The first-order valence-corrected chi connectivity index (χ1v) is 29.2. The molecule has 0 aliphatic rings. The Morgan fingerprint density at radius 1 is 0.568 bits per heavy atom. The van der Waals surface area contributed by atoms with Crippen molar-refractivity contribution in [3.63, 3.8) is 0 Å². The number of nitrogens with two attached hydrogens (primary N) is 3. The Labute approximate surface area is 509 Å². The Morgan fingerprint density at radius 3 is 1.68 bits per heavy atom. The van der Waals surface area contributed by atoms with E-state index in [1.54, 1.807) is 88.5 Å². The van der Waals surface area contributed by atoms with Crippen LogP contribution in [0, 0.1) is 17.8 Å². The number of carboxylic acids is 3. The maximum Gasteiger partial charge on any atom is 0.326 e. The number of H-pyrrole nitrogens is 2. The smallest absolute Gasteiger partial charge is 0.326 e. The highest BCUT2D eigenvalue weighted by molar-refractivity contribution is 5.99. The number of nitrogens with one attached hydrogen (secondary N) is 10. The van der Waals surface area contributed by atoms with Crippen molar-refractivity contribution in [3.8, 4) is 0 Å². The molecule has 29 heteroatoms. The number of para-hydroxylation sites is 1. The number of aromatic amines is 2. The number of carbonyl (C=O) groups is 11. The van der Waals surface area contributed by atoms with E-state index < -0.39 is 151 Å². The maximum absolute atomic E-state index is 14.8. The summed E-state index contributed by atoms with van der Waals surface area (Å²) in [4.78, 5) is 164. The predicted molar refractivity (Wildman–Crippen MR) is 323 cm³/mol. The molecule has 480 valence electrons. The molecule has 0 unspecified atom stereocenters. The van der Waals surface area contributed by atoms with Crippen LogP contribution in [0.15, 0.2) is 78.3 Å². The summed E-state index contributed by atoms with van der Waals surface area (Å²) >= 11 is 0. The number of benzene rings is 2. The molecular weight excluding hydrogens is 1140 g/mol. The molecule has 0 saturated carbocycles. The van der Waals surface area contributed by atoms with Crippen molar-refractivity contribution in [3.05, 3.63) is 90.1 Å². The standard InChI is InChI=1S/C59H85N15O14/c1-7-32(5)48(57(86)68-40(19-14-22-64-59(61)62)51(80)72-45(27-47(77)78)56(85)74-49(58(87)88)33(6)8-2)73-55(84)43(24-34-15-10-9-11-16-34)70-52(81)41(20-21-46(75)76)67-54(83)44(25-35-28-65-39-18-13-12-17-37(35)39)71-53(82)42(23-31(3)4)69-50(79)38(60)26-36-29-63-30-66-36/h9-13,15-18,28-33,38,40-45,48-49,65H,7-8,14,19-27,60H2,1-6H3,(H,63,66)(H,67,83)(H,68,86)(H,69,79)(H,70,81)(H,71,82)(H,72,80)(H,73,84)(H,74,85)(H,75,76)(H,77,78)(H,87,88)(H4,61,62,64)/t32-,33-,38-,40-,41-,42-,43-,44-,45-,48-,49-/m0/s1. The molecule has 0 bridgehead atoms. The fraction of sp³-hybridized carbons (Fsp3) is 0.508. The number of rotatable bonds is 38. The lowest BCUT2D eigenvalue weighted by Gasteiger charge is -2.30. The molecule has 0 fully saturated rings. The molecule has 4 rings (SSSR count). The summed E-state index contributed by atoms with van der Waals surface area (Å²) in [6, 6.07) is 2.28. The molecule has 8 amide bonds. The van der Waals surface area contributed by atoms with Gasteiger partial charge in [-0.25, -0.2) is 9.78 Å². The minimum atomic E-state index is -1.82. The van der Waals surface area contributed by atoms with Crippen molar-refractivity contribution >= 4 is 82.0 Å². The fourth-order valence-electron chi connectivity index (χ4n) is 9.43. The number of guanidine groups is 1. The lowest BCUT2D eigenvalue weighted by atomic mass is 9.96. The third-order valence-corrected chi connectivity index (χ3v) is 14.8. The number of hydrogen-bond donors (Lipinski definition) is 16. The summed E-state index contributed by atoms with van der Waals surface area (Å²) in [5.74, 6) is -13.4. The lowest BCUT2D eigenvalue weighted by molar-refractivity contribution is -0.145. The Balaban J connectivity index is 1.68. The second kappa shape index (κ2) is 35.3. The van der Waals surface area contributed by atoms with E-state index in [2.05, 4.69) is 62.5 Å². The molecule has 19 N–H and O–H groups in total. The number of carboxylic acid groups (broad SMARTS) is 3. The van der Waals surface area contributed by atoms with Gasteiger partial charge in [-0.05, 0) is 60.6 Å². The molecule has 0 radical (unpaired) electrons. The van der Waals surface area contributed by atoms with E-state index in [1.165, 1.54) is 12.5 Å². The number of carbonyl (C=O) groups excluding carboxylic acids is 8. The van der Waals surface area contributed by atoms with E-state index in [0.29, 0.717) is 34.1 Å². The average Bonchev–Trinajstić information content (AvgIpc) is 2.31. The lowest BCUT2D eigenvalue weighted by Crippen LogP contribution is -2.61. The van der Waals surface area contributed by atoms with Gasteiger partial charge in [0.25, 0.3) is 0 Å². The van der Waals surface area contributed by atoms with Gasteiger partial charge >= 0.3 is 17.9 Å². The van der Waals surface area contributed by atoms with Gasteiger partial charge in [0.2, 0.25) is 47.3 Å². The van der Waals surface area contributed by atoms with Crippen LogP contribution in [-0.4, -0.2) is 162 Å². The number of fused-ring (bicyclic) bond motifs is 1. The molecule has 2 aromatic carbocycles. The summed E-state index contributed by atoms with van der Waals surface area (Å²) in [5.41, 5.74) is 19.6. The van der Waals surface area contributed by atoms with E-state index in [-0.39, 0.29) is 63.4 Å². The third kappa shape index (κ3) is 23.1. The van der Waals surface area contributed by atoms with Gasteiger partial charge in [-0.15, -0.1) is 0 Å². The van der Waals surface area contributed by atoms with E-state index >= 15 is 0 Å². The zero-order valence-corrected chi connectivity index (χ0v) is 50.3. The van der Waals surface area contributed by atoms with Crippen LogP contribution in [0.2, 0.25) is 0 Å². The Kier molecular flexibility index (Phi) is 28.5. The largest absolute Gasteiger partial charge is 0.481 e. The molecule has 0 aliphatic carbocycles. The van der Waals surface area contributed by atoms with Crippen molar-refractivity contribution in [1.82, 2.24) is 57.5 Å². The molecule has 2 heterocycles. The van der Waals surface area contributed by atoms with E-state index in [0.717, 1.165) is 0 Å². The first kappa shape index (κ1) is 71.1. The molecule has 2 aromatic heterocycles. The molecule has 88 heavy (non-hydrogen) atoms. The highest BCUT2D eigenvalue weighted by Crippen LogP contribution is 2.21. The van der Waals surface area contributed by atoms with Crippen LogP contribution in [-0.2, 0) is 72.0 Å². The number of aromatic nitrogens is 3. The SMILES string of the molecule is CC[C@H](C)[C@H](NC(=O)[C@H](CC(=O)O)NC(=O)[C@H](CCCN=C(N)N)NC(=O)[C@@H](NC(=O)[C@H](Cc1ccccc1)NC(=O)[C@H](CCC(=O)O)NC(=O)[C@H](Cc1c[nH]c2ccccc12)NC(=O)[C@H](CC(C)C)NC(=O)[C@@H](N)Cc1cnc[nH]1)[C@@H](C)CC)C(=O)O. The van der Waals surface area contributed by atoms with E-state index in [9.17, 15) is 68.1 Å². The van der Waals surface area contributed by atoms with Crippen LogP contribution in [0.25, 0.3) is 10.9 Å². The Hall–Kier alpha value is -9.41. The van der Waals surface area contributed by atoms with E-state index in [1.807, 2.05) is 13.8 Å². The van der Waals surface area contributed by atoms with Gasteiger partial charge in [0.05, 0.1) is 18.8 Å². The van der Waals surface area contributed by atoms with Crippen LogP contribution in [0.5, 0.6) is 0 Å². The molecule has 4 aromatic rings. The van der Waals surface area contributed by atoms with Crippen LogP contribution in [0.1, 0.15) is 110 Å². The number of imidazole rings is 1. The Morgan fingerprint density at radius 2 is 1.09 bits per heavy atom. The second-order valence-corrected chi connectivity index (χ2v) is 22.2. The van der Waals surface area contributed by atoms with Crippen molar-refractivity contribution in [1.29, 1.82) is 0 Å². The normalized spacial score (nSPS) is 15.0. The summed E-state index contributed by atoms with van der Waals surface area (Å²) in [6.07, 6.45) is 2.63. The minimum Gasteiger partial charge on any atom is -0.481 e. The summed E-state index contributed by atoms with van der Waals surface area (Å²) in [6.45, 7) is 10.2. The van der Waals surface area contributed by atoms with Crippen LogP contribution in [0.3, 0.4) is 0 Å². The predicted octanol–water partition coefficient (Wildman–Crippen LogP) is -0.259. The molecule has 0 aliphatic heterocycles. The monoisotopic (exact) mass is 1230 g/mol. The average molecular weight is 1230 g/mol. The maximum atomic E-state index is 14.8. The number of hydrogen-bond acceptors (Lipinski definition) is 14. The van der Waals surface area contributed by atoms with E-state index in [4.69, 9.17) is 17.2 Å². The van der Waals surface area contributed by atoms with Gasteiger partial charge in [0.15, 0.2) is 5.96 Å². The van der Waals surface area contributed by atoms with Crippen LogP contribution >= 0.6 is 0 Å². The zero-order chi connectivity index (χ0) is 65.2. The van der Waals surface area contributed by atoms with Crippen LogP contribution in [0.4, 0.5) is 0 Å². The van der Waals surface area contributed by atoms with Gasteiger partial charge in [0, 0.05) is 61.2 Å². The van der Waals surface area contributed by atoms with Crippen molar-refractivity contribution in [2.24, 2.45) is 39.9 Å². The van der Waals surface area contributed by atoms with Gasteiger partial charge in [-0.1, -0.05) is 103 Å². The number of nitrogens with zero attached hydrogens (tertiary/aromatic N) is 2. The highest BCUT2D eigenvalue weighted by Gasteiger charge is 2.38.